The van der Waals surface area contributed by atoms with Crippen LogP contribution in [0, 0.1) is 20.8 Å². The summed E-state index contributed by atoms with van der Waals surface area (Å²) in [6.45, 7) is 21.2. The predicted molar refractivity (Wildman–Crippen MR) is 99.3 cm³/mol. The van der Waals surface area contributed by atoms with Crippen molar-refractivity contribution in [2.24, 2.45) is 0 Å². The standard InChI is InChI=1S/3C6H9O2.CH3O.Zr/c3*1-3-5-8-6(7)4-2;1-2;/h3*4H,1-3,5H2;1H3;/q4*-1;+4. The maximum Gasteiger partial charge on any atom is 4.00 e. The van der Waals surface area contributed by atoms with Gasteiger partial charge < -0.3 is 40.1 Å². The van der Waals surface area contributed by atoms with E-state index in [1.807, 2.05) is 0 Å². The number of carbonyl (C=O) groups is 3. The quantitative estimate of drug-likeness (QED) is 0.223. The van der Waals surface area contributed by atoms with E-state index in [9.17, 15) is 14.4 Å². The molecule has 0 fully saturated rings. The number of carbonyl (C=O) groups excluding carboxylic acids is 3. The molecule has 0 radical (unpaired) electrons. The first-order valence-electron chi connectivity index (χ1n) is 7.59. The largest absolute Gasteiger partial charge is 4.00 e. The molecule has 0 aromatic carbocycles. The summed E-state index contributed by atoms with van der Waals surface area (Å²) in [6.07, 6.45) is 5.24. The van der Waals surface area contributed by atoms with E-state index in [4.69, 9.17) is 5.11 Å². The Morgan fingerprint density at radius 2 is 0.889 bits per heavy atom. The van der Waals surface area contributed by atoms with E-state index in [0.717, 1.165) is 25.3 Å². The van der Waals surface area contributed by atoms with E-state index in [1.54, 1.807) is 0 Å². The van der Waals surface area contributed by atoms with Gasteiger partial charge in [0.15, 0.2) is 0 Å². The molecule has 0 atom stereocenters. The van der Waals surface area contributed by atoms with Gasteiger partial charge in [0, 0.05) is 18.2 Å². The van der Waals surface area contributed by atoms with Crippen LogP contribution in [-0.4, -0.2) is 44.8 Å². The van der Waals surface area contributed by atoms with Crippen molar-refractivity contribution in [3.63, 3.8) is 0 Å². The van der Waals surface area contributed by atoms with E-state index in [0.29, 0.717) is 39.1 Å². The summed E-state index contributed by atoms with van der Waals surface area (Å²) in [5.74, 6) is -1.14. The van der Waals surface area contributed by atoms with Gasteiger partial charge in [-0.3, -0.25) is 0 Å². The monoisotopic (exact) mass is 460 g/mol. The predicted octanol–water partition coefficient (Wildman–Crippen LogP) is 1.79. The Morgan fingerprint density at radius 3 is 1.00 bits per heavy atom. The van der Waals surface area contributed by atoms with Crippen LogP contribution in [-0.2, 0) is 54.8 Å². The van der Waals surface area contributed by atoms with Crippen LogP contribution in [0.3, 0.4) is 0 Å². The number of hydrogen-bond donors (Lipinski definition) is 0. The number of esters is 3. The van der Waals surface area contributed by atoms with E-state index in [1.165, 1.54) is 0 Å². The summed E-state index contributed by atoms with van der Waals surface area (Å²) in [5, 5.41) is 8.25. The first-order chi connectivity index (χ1) is 12.4. The molecule has 0 spiro atoms. The molecule has 8 heteroatoms. The molecule has 0 saturated heterocycles. The molecule has 0 bridgehead atoms. The van der Waals surface area contributed by atoms with Crippen LogP contribution in [0.2, 0.25) is 0 Å². The molecular weight excluding hydrogens is 431 g/mol. The molecule has 0 aromatic rings. The summed E-state index contributed by atoms with van der Waals surface area (Å²) in [6, 6.07) is 0. The molecule has 152 valence electrons. The summed E-state index contributed by atoms with van der Waals surface area (Å²) in [5.41, 5.74) is 0. The Morgan fingerprint density at radius 1 is 0.704 bits per heavy atom. The Kier molecular flexibility index (Phi) is 47.9. The van der Waals surface area contributed by atoms with Crippen molar-refractivity contribution >= 4 is 17.9 Å². The number of ether oxygens (including phenoxy) is 3. The van der Waals surface area contributed by atoms with Gasteiger partial charge in [-0.05, 0) is 0 Å². The number of rotatable bonds is 9. The molecule has 0 aromatic heterocycles. The molecule has 0 saturated carbocycles. The van der Waals surface area contributed by atoms with E-state index in [-0.39, 0.29) is 44.1 Å². The molecule has 0 aliphatic rings. The molecule has 0 heterocycles. The van der Waals surface area contributed by atoms with Crippen molar-refractivity contribution in [1.82, 2.24) is 0 Å². The van der Waals surface area contributed by atoms with Gasteiger partial charge in [-0.1, -0.05) is 19.7 Å². The SMILES string of the molecule is C=CC(=O)OCC[CH2-].C=CC(=O)OCC[CH2-].C=CC(=O)OCC[CH2-].C[O-].[Zr+4]. The smallest absolute Gasteiger partial charge is 0.857 e. The fourth-order valence-electron chi connectivity index (χ4n) is 0.695. The average molecular weight is 462 g/mol. The summed E-state index contributed by atoms with van der Waals surface area (Å²) in [7, 11) is 0.750. The third-order valence-corrected chi connectivity index (χ3v) is 1.67. The van der Waals surface area contributed by atoms with Gasteiger partial charge in [0.25, 0.3) is 0 Å². The molecule has 27 heavy (non-hydrogen) atoms. The van der Waals surface area contributed by atoms with Gasteiger partial charge in [0.05, 0.1) is 19.8 Å². The zero-order valence-corrected chi connectivity index (χ0v) is 18.5. The van der Waals surface area contributed by atoms with Crippen LogP contribution in [0.1, 0.15) is 19.3 Å². The second kappa shape index (κ2) is 35.6. The van der Waals surface area contributed by atoms with Gasteiger partial charge in [0.1, 0.15) is 0 Å². The maximum absolute atomic E-state index is 10.2. The van der Waals surface area contributed by atoms with Crippen LogP contribution in [0.15, 0.2) is 38.0 Å². The molecule has 0 unspecified atom stereocenters. The minimum absolute atomic E-state index is 0. The van der Waals surface area contributed by atoms with Crippen molar-refractivity contribution in [2.75, 3.05) is 26.9 Å². The van der Waals surface area contributed by atoms with Gasteiger partial charge in [-0.15, -0.1) is 19.3 Å². The van der Waals surface area contributed by atoms with Gasteiger partial charge in [0.2, 0.25) is 0 Å². The Balaban J connectivity index is -0.0000000840. The average Bonchev–Trinajstić information content (AvgIpc) is 2.70. The number of hydrogen-bond acceptors (Lipinski definition) is 7. The van der Waals surface area contributed by atoms with E-state index < -0.39 is 0 Å². The van der Waals surface area contributed by atoms with Crippen LogP contribution in [0.4, 0.5) is 0 Å². The molecule has 0 aliphatic heterocycles. The van der Waals surface area contributed by atoms with Crippen molar-refractivity contribution in [3.05, 3.63) is 58.7 Å². The van der Waals surface area contributed by atoms with Gasteiger partial charge >= 0.3 is 44.1 Å². The van der Waals surface area contributed by atoms with Crippen LogP contribution < -0.4 is 5.11 Å². The van der Waals surface area contributed by atoms with Crippen molar-refractivity contribution in [3.8, 4) is 0 Å². The fraction of sp³-hybridized carbons (Fsp3) is 0.368. The normalized spacial score (nSPS) is 7.44. The minimum Gasteiger partial charge on any atom is -0.857 e. The summed E-state index contributed by atoms with van der Waals surface area (Å²) >= 11 is 0. The molecule has 0 N–H and O–H groups in total. The Hall–Kier alpha value is -1.53. The topological polar surface area (TPSA) is 102 Å². The van der Waals surface area contributed by atoms with Gasteiger partial charge in [-0.25, -0.2) is 14.4 Å². The van der Waals surface area contributed by atoms with E-state index >= 15 is 0 Å². The first kappa shape index (κ1) is 36.4. The first-order valence-corrected chi connectivity index (χ1v) is 7.59. The van der Waals surface area contributed by atoms with Crippen molar-refractivity contribution in [1.29, 1.82) is 0 Å². The zero-order valence-electron chi connectivity index (χ0n) is 16.1. The van der Waals surface area contributed by atoms with Gasteiger partial charge in [-0.2, -0.15) is 7.11 Å². The minimum atomic E-state index is -0.381. The Bertz CT molecular complexity index is 325. The summed E-state index contributed by atoms with van der Waals surface area (Å²) in [4.78, 5) is 30.6. The van der Waals surface area contributed by atoms with Crippen molar-refractivity contribution in [2.45, 2.75) is 19.3 Å². The molecular formula is C19H30O7Zr. The third kappa shape index (κ3) is 45.5. The molecule has 0 rings (SSSR count). The van der Waals surface area contributed by atoms with E-state index in [2.05, 4.69) is 54.7 Å². The fourth-order valence-corrected chi connectivity index (χ4v) is 0.695. The molecule has 0 aliphatic carbocycles. The van der Waals surface area contributed by atoms with Crippen LogP contribution >= 0.6 is 0 Å². The van der Waals surface area contributed by atoms with Crippen LogP contribution in [0.25, 0.3) is 0 Å². The maximum atomic E-state index is 10.2. The summed E-state index contributed by atoms with van der Waals surface area (Å²) < 4.78 is 13.6. The second-order valence-electron chi connectivity index (χ2n) is 3.68. The molecule has 0 amide bonds. The zero-order chi connectivity index (χ0) is 21.2. The Labute approximate surface area is 182 Å². The van der Waals surface area contributed by atoms with Crippen LogP contribution in [0.5, 0.6) is 0 Å². The third-order valence-electron chi connectivity index (χ3n) is 1.67. The second-order valence-corrected chi connectivity index (χ2v) is 3.68. The molecule has 7 nitrogen and oxygen atoms in total. The van der Waals surface area contributed by atoms with Crippen molar-refractivity contribution < 1.29 is 59.9 Å².